The summed E-state index contributed by atoms with van der Waals surface area (Å²) in [5.74, 6) is 0.125. The number of oxazole rings is 1. The summed E-state index contributed by atoms with van der Waals surface area (Å²) >= 11 is 0. The molecule has 1 aromatic heterocycles. The molecular formula is C20H23BFNO4. The molecule has 1 saturated heterocycles. The van der Waals surface area contributed by atoms with Crippen LogP contribution < -0.4 is 21.0 Å². The maximum Gasteiger partial charge on any atom is 0.494 e. The van der Waals surface area contributed by atoms with Gasteiger partial charge in [0, 0.05) is 0 Å². The Bertz CT molecular complexity index is 980. The molecule has 142 valence electrons. The molecule has 0 radical (unpaired) electrons. The number of hydrogen-bond acceptors (Lipinski definition) is 5. The Morgan fingerprint density at radius 3 is 2.41 bits per heavy atom. The normalized spacial score (nSPS) is 19.1. The Kier molecular flexibility index (Phi) is 4.78. The van der Waals surface area contributed by atoms with Crippen molar-refractivity contribution in [2.45, 2.75) is 38.9 Å². The first-order valence-corrected chi connectivity index (χ1v) is 8.61. The van der Waals surface area contributed by atoms with Gasteiger partial charge >= 0.3 is 7.12 Å². The van der Waals surface area contributed by atoms with Crippen LogP contribution in [0.25, 0.3) is 23.9 Å². The Hall–Kier alpha value is -2.38. The first kappa shape index (κ1) is 19.4. The minimum Gasteiger partial charge on any atom is -0.496 e. The van der Waals surface area contributed by atoms with Crippen LogP contribution in [-0.2, 0) is 9.31 Å². The monoisotopic (exact) mass is 371 g/mol. The zero-order valence-corrected chi connectivity index (χ0v) is 16.3. The van der Waals surface area contributed by atoms with E-state index in [-0.39, 0.29) is 16.7 Å². The van der Waals surface area contributed by atoms with Crippen molar-refractivity contribution < 1.29 is 22.9 Å². The molecule has 1 aliphatic rings. The second-order valence-electron chi connectivity index (χ2n) is 7.39. The number of aromatic nitrogens is 1. The molecule has 0 saturated carbocycles. The molecule has 0 spiro atoms. The minimum absolute atomic E-state index is 0.0167. The van der Waals surface area contributed by atoms with Crippen molar-refractivity contribution in [2.75, 3.05) is 7.11 Å². The minimum atomic E-state index is -0.601. The maximum atomic E-state index is 13.9. The van der Waals surface area contributed by atoms with E-state index in [4.69, 9.17) is 18.5 Å². The van der Waals surface area contributed by atoms with Crippen LogP contribution in [0.3, 0.4) is 0 Å². The van der Waals surface area contributed by atoms with E-state index in [1.54, 1.807) is 13.2 Å². The third kappa shape index (κ3) is 3.33. The van der Waals surface area contributed by atoms with E-state index in [0.29, 0.717) is 11.3 Å². The lowest BCUT2D eigenvalue weighted by Crippen LogP contribution is -2.41. The van der Waals surface area contributed by atoms with Gasteiger partial charge in [0.2, 0.25) is 5.89 Å². The van der Waals surface area contributed by atoms with E-state index in [9.17, 15) is 4.39 Å². The fourth-order valence-electron chi connectivity index (χ4n) is 2.77. The van der Waals surface area contributed by atoms with Gasteiger partial charge in [-0.1, -0.05) is 19.2 Å². The quantitative estimate of drug-likeness (QED) is 0.773. The number of hydrogen-bond donors (Lipinski definition) is 0. The standard InChI is InChI=1S/C20H23BFNO4/c1-8-15(22)17-12(2)25-18(23-17)14-11-13(9-10-16(14)24-7)21-26-19(3,4)20(5,6)27-21/h8-11H,1-2H2,3-7H3/b17-15-. The summed E-state index contributed by atoms with van der Waals surface area (Å²) in [6.07, 6.45) is 1.06. The number of methoxy groups -OCH3 is 1. The third-order valence-electron chi connectivity index (χ3n) is 5.08. The number of ether oxygens (including phenoxy) is 1. The number of allylic oxidation sites excluding steroid dienone is 1. The van der Waals surface area contributed by atoms with Gasteiger partial charge in [-0.15, -0.1) is 0 Å². The average molecular weight is 371 g/mol. The lowest BCUT2D eigenvalue weighted by molar-refractivity contribution is 0.00578. The third-order valence-corrected chi connectivity index (χ3v) is 5.08. The van der Waals surface area contributed by atoms with Crippen molar-refractivity contribution >= 4 is 25.0 Å². The van der Waals surface area contributed by atoms with Gasteiger partial charge in [-0.05, 0) is 51.4 Å². The van der Waals surface area contributed by atoms with Crippen molar-refractivity contribution in [3.8, 4) is 17.2 Å². The second-order valence-corrected chi connectivity index (χ2v) is 7.39. The molecule has 5 nitrogen and oxygen atoms in total. The van der Waals surface area contributed by atoms with Crippen LogP contribution >= 0.6 is 0 Å². The largest absolute Gasteiger partial charge is 0.496 e. The fourth-order valence-corrected chi connectivity index (χ4v) is 2.77. The first-order valence-electron chi connectivity index (χ1n) is 8.61. The van der Waals surface area contributed by atoms with Crippen molar-refractivity contribution in [3.63, 3.8) is 0 Å². The molecule has 0 amide bonds. The van der Waals surface area contributed by atoms with E-state index in [0.717, 1.165) is 11.5 Å². The van der Waals surface area contributed by atoms with Gasteiger partial charge in [-0.2, -0.15) is 0 Å². The average Bonchev–Trinajstić information content (AvgIpc) is 3.10. The predicted octanol–water partition coefficient (Wildman–Crippen LogP) is 2.32. The lowest BCUT2D eigenvalue weighted by Gasteiger charge is -2.32. The van der Waals surface area contributed by atoms with Crippen LogP contribution in [0.5, 0.6) is 5.75 Å². The smallest absolute Gasteiger partial charge is 0.494 e. The van der Waals surface area contributed by atoms with Crippen LogP contribution in [0.1, 0.15) is 27.7 Å². The first-order chi connectivity index (χ1) is 12.6. The number of rotatable bonds is 4. The number of benzene rings is 1. The van der Waals surface area contributed by atoms with Crippen LogP contribution in [-0.4, -0.2) is 30.4 Å². The van der Waals surface area contributed by atoms with Gasteiger partial charge in [0.05, 0.1) is 23.9 Å². The molecule has 0 bridgehead atoms. The van der Waals surface area contributed by atoms with Gasteiger partial charge in [-0.3, -0.25) is 0 Å². The molecule has 0 unspecified atom stereocenters. The maximum absolute atomic E-state index is 13.9. The van der Waals surface area contributed by atoms with Gasteiger partial charge in [-0.25, -0.2) is 9.37 Å². The molecule has 7 heteroatoms. The Balaban J connectivity index is 2.09. The van der Waals surface area contributed by atoms with Gasteiger partial charge in [0.25, 0.3) is 0 Å². The SMILES string of the molecule is C=C/C(F)=c1/nc(-c2cc(B3OC(C)(C)C(C)(C)O3)ccc2OC)oc1=C. The molecule has 0 aliphatic carbocycles. The lowest BCUT2D eigenvalue weighted by atomic mass is 9.78. The molecule has 0 atom stereocenters. The number of nitrogens with zero attached hydrogens (tertiary/aromatic N) is 1. The van der Waals surface area contributed by atoms with Crippen LogP contribution in [0.15, 0.2) is 35.3 Å². The molecule has 2 heterocycles. The highest BCUT2D eigenvalue weighted by Gasteiger charge is 2.51. The summed E-state index contributed by atoms with van der Waals surface area (Å²) in [6.45, 7) is 15.1. The van der Waals surface area contributed by atoms with E-state index in [1.165, 1.54) is 0 Å². The number of halogens is 1. The van der Waals surface area contributed by atoms with Crippen molar-refractivity contribution in [2.24, 2.45) is 0 Å². The summed E-state index contributed by atoms with van der Waals surface area (Å²) < 4.78 is 37.1. The molecule has 1 aromatic carbocycles. The predicted molar refractivity (Wildman–Crippen MR) is 104 cm³/mol. The van der Waals surface area contributed by atoms with Crippen LogP contribution in [0, 0.1) is 0 Å². The summed E-state index contributed by atoms with van der Waals surface area (Å²) in [4.78, 5) is 4.21. The van der Waals surface area contributed by atoms with E-state index in [1.807, 2.05) is 39.8 Å². The van der Waals surface area contributed by atoms with E-state index >= 15 is 0 Å². The Morgan fingerprint density at radius 1 is 1.22 bits per heavy atom. The van der Waals surface area contributed by atoms with Gasteiger partial charge < -0.3 is 18.5 Å². The molecule has 1 aliphatic heterocycles. The topological polar surface area (TPSA) is 53.7 Å². The van der Waals surface area contributed by atoms with Gasteiger partial charge in [0.1, 0.15) is 11.1 Å². The molecule has 27 heavy (non-hydrogen) atoms. The summed E-state index contributed by atoms with van der Waals surface area (Å²) in [5.41, 5.74) is 0.526. The zero-order chi connectivity index (χ0) is 20.0. The summed E-state index contributed by atoms with van der Waals surface area (Å²) in [6, 6.07) is 5.44. The Morgan fingerprint density at radius 2 is 1.85 bits per heavy atom. The summed E-state index contributed by atoms with van der Waals surface area (Å²) in [7, 11) is 0.989. The Labute approximate surface area is 158 Å². The highest BCUT2D eigenvalue weighted by Crippen LogP contribution is 2.37. The van der Waals surface area contributed by atoms with Gasteiger partial charge in [0.15, 0.2) is 11.2 Å². The van der Waals surface area contributed by atoms with E-state index < -0.39 is 24.1 Å². The molecular weight excluding hydrogens is 348 g/mol. The highest BCUT2D eigenvalue weighted by molar-refractivity contribution is 6.62. The summed E-state index contributed by atoms with van der Waals surface area (Å²) in [5, 5.41) is 0.0167. The fraction of sp³-hybridized carbons (Fsp3) is 0.350. The molecule has 0 N–H and O–H groups in total. The van der Waals surface area contributed by atoms with E-state index in [2.05, 4.69) is 18.1 Å². The van der Waals surface area contributed by atoms with Crippen molar-refractivity contribution in [1.82, 2.24) is 4.98 Å². The highest BCUT2D eigenvalue weighted by atomic mass is 19.1. The zero-order valence-electron chi connectivity index (χ0n) is 16.3. The van der Waals surface area contributed by atoms with Crippen molar-refractivity contribution in [1.29, 1.82) is 0 Å². The van der Waals surface area contributed by atoms with Crippen LogP contribution in [0.2, 0.25) is 0 Å². The van der Waals surface area contributed by atoms with Crippen LogP contribution in [0.4, 0.5) is 4.39 Å². The molecule has 2 aromatic rings. The molecule has 1 fully saturated rings. The molecule has 3 rings (SSSR count). The second kappa shape index (κ2) is 6.66. The van der Waals surface area contributed by atoms with Crippen molar-refractivity contribution in [3.05, 3.63) is 41.6 Å².